The van der Waals surface area contributed by atoms with Crippen LogP contribution in [-0.2, 0) is 20.9 Å². The minimum absolute atomic E-state index is 0.0668. The predicted octanol–water partition coefficient (Wildman–Crippen LogP) is -0.487. The van der Waals surface area contributed by atoms with E-state index in [0.29, 0.717) is 6.54 Å². The molecule has 3 amide bonds. The normalized spacial score (nSPS) is 20.6. The molecule has 1 aromatic carbocycles. The first-order valence-electron chi connectivity index (χ1n) is 6.12. The van der Waals surface area contributed by atoms with E-state index in [2.05, 4.69) is 10.6 Å². The minimum atomic E-state index is -0.851. The number of nitrogens with two attached hydrogens (primary N) is 1. The smallest absolute Gasteiger partial charge is 0.414 e. The van der Waals surface area contributed by atoms with Crippen LogP contribution >= 0.6 is 0 Å². The van der Waals surface area contributed by atoms with Gasteiger partial charge in [-0.15, -0.1) is 0 Å². The highest BCUT2D eigenvalue weighted by atomic mass is 16.5. The molecule has 1 fully saturated rings. The number of primary amides is 1. The van der Waals surface area contributed by atoms with E-state index in [1.165, 1.54) is 0 Å². The van der Waals surface area contributed by atoms with Gasteiger partial charge in [-0.1, -0.05) is 30.3 Å². The van der Waals surface area contributed by atoms with E-state index in [4.69, 9.17) is 10.5 Å². The van der Waals surface area contributed by atoms with E-state index < -0.39 is 29.9 Å². The molecule has 7 nitrogen and oxygen atoms in total. The van der Waals surface area contributed by atoms with E-state index >= 15 is 0 Å². The summed E-state index contributed by atoms with van der Waals surface area (Å²) in [6, 6.07) is 8.31. The Hall–Kier alpha value is -2.41. The molecule has 0 saturated carbocycles. The Morgan fingerprint density at radius 3 is 2.55 bits per heavy atom. The Kier molecular flexibility index (Phi) is 4.31. The molecule has 1 aromatic rings. The molecule has 2 atom stereocenters. The van der Waals surface area contributed by atoms with Crippen LogP contribution in [0.4, 0.5) is 4.79 Å². The number of benzene rings is 1. The lowest BCUT2D eigenvalue weighted by molar-refractivity contribution is -0.134. The zero-order valence-corrected chi connectivity index (χ0v) is 10.7. The van der Waals surface area contributed by atoms with Gasteiger partial charge in [0.15, 0.2) is 0 Å². The number of alkyl carbamates (subject to hydrolysis) is 1. The number of carbonyl (C=O) groups excluding carboxylic acids is 3. The van der Waals surface area contributed by atoms with Gasteiger partial charge in [0.05, 0.1) is 5.92 Å². The number of rotatable bonds is 4. The van der Waals surface area contributed by atoms with Gasteiger partial charge in [-0.3, -0.25) is 14.9 Å². The van der Waals surface area contributed by atoms with Gasteiger partial charge in [-0.2, -0.15) is 0 Å². The quantitative estimate of drug-likeness (QED) is 0.688. The SMILES string of the molecule is NC(=O)C1CNC1C(=O)NC(=O)OCc1ccccc1. The number of ether oxygens (including phenoxy) is 1. The highest BCUT2D eigenvalue weighted by Crippen LogP contribution is 2.12. The van der Waals surface area contributed by atoms with Crippen LogP contribution in [0.2, 0.25) is 0 Å². The van der Waals surface area contributed by atoms with E-state index in [1.807, 2.05) is 18.2 Å². The molecular formula is C13H15N3O4. The maximum Gasteiger partial charge on any atom is 0.414 e. The van der Waals surface area contributed by atoms with Crippen LogP contribution in [0.1, 0.15) is 5.56 Å². The van der Waals surface area contributed by atoms with E-state index in [9.17, 15) is 14.4 Å². The average molecular weight is 277 g/mol. The maximum atomic E-state index is 11.7. The van der Waals surface area contributed by atoms with Crippen LogP contribution in [0.5, 0.6) is 0 Å². The number of hydrogen-bond acceptors (Lipinski definition) is 5. The second-order valence-electron chi connectivity index (χ2n) is 4.45. The Morgan fingerprint density at radius 1 is 1.30 bits per heavy atom. The lowest BCUT2D eigenvalue weighted by Crippen LogP contribution is -2.64. The Labute approximate surface area is 115 Å². The lowest BCUT2D eigenvalue weighted by Gasteiger charge is -2.33. The van der Waals surface area contributed by atoms with Gasteiger partial charge in [0.25, 0.3) is 0 Å². The third-order valence-corrected chi connectivity index (χ3v) is 3.05. The molecule has 1 aliphatic rings. The molecule has 0 aromatic heterocycles. The van der Waals surface area contributed by atoms with Gasteiger partial charge in [0, 0.05) is 6.54 Å². The first-order valence-corrected chi connectivity index (χ1v) is 6.12. The minimum Gasteiger partial charge on any atom is -0.444 e. The van der Waals surface area contributed by atoms with Crippen molar-refractivity contribution in [2.45, 2.75) is 12.6 Å². The molecule has 2 unspecified atom stereocenters. The molecule has 7 heteroatoms. The van der Waals surface area contributed by atoms with Crippen LogP contribution in [0, 0.1) is 5.92 Å². The fourth-order valence-corrected chi connectivity index (χ4v) is 1.83. The van der Waals surface area contributed by atoms with Crippen molar-refractivity contribution < 1.29 is 19.1 Å². The van der Waals surface area contributed by atoms with Gasteiger partial charge >= 0.3 is 6.09 Å². The molecular weight excluding hydrogens is 262 g/mol. The van der Waals surface area contributed by atoms with Crippen LogP contribution in [0.25, 0.3) is 0 Å². The van der Waals surface area contributed by atoms with Crippen LogP contribution < -0.4 is 16.4 Å². The monoisotopic (exact) mass is 277 g/mol. The molecule has 0 spiro atoms. The first kappa shape index (κ1) is 14.0. The van der Waals surface area contributed by atoms with Crippen molar-refractivity contribution in [1.29, 1.82) is 0 Å². The Bertz CT molecular complexity index is 518. The van der Waals surface area contributed by atoms with Gasteiger partial charge < -0.3 is 15.8 Å². The summed E-state index contributed by atoms with van der Waals surface area (Å²) in [5.41, 5.74) is 5.93. The van der Waals surface area contributed by atoms with Crippen molar-refractivity contribution in [2.75, 3.05) is 6.54 Å². The average Bonchev–Trinajstić information content (AvgIpc) is 2.35. The van der Waals surface area contributed by atoms with Gasteiger partial charge in [-0.05, 0) is 5.56 Å². The second kappa shape index (κ2) is 6.16. The lowest BCUT2D eigenvalue weighted by atomic mass is 9.90. The predicted molar refractivity (Wildman–Crippen MR) is 69.2 cm³/mol. The molecule has 1 aliphatic heterocycles. The van der Waals surface area contributed by atoms with Crippen molar-refractivity contribution in [1.82, 2.24) is 10.6 Å². The standard InChI is InChI=1S/C13H15N3O4/c14-11(17)9-6-15-10(9)12(18)16-13(19)20-7-8-4-2-1-3-5-8/h1-5,9-10,15H,6-7H2,(H2,14,17)(H,16,18,19). The molecule has 0 radical (unpaired) electrons. The van der Waals surface area contributed by atoms with E-state index in [-0.39, 0.29) is 6.61 Å². The number of hydrogen-bond donors (Lipinski definition) is 3. The third-order valence-electron chi connectivity index (χ3n) is 3.05. The van der Waals surface area contributed by atoms with Crippen molar-refractivity contribution in [2.24, 2.45) is 11.7 Å². The maximum absolute atomic E-state index is 11.7. The summed E-state index contributed by atoms with van der Waals surface area (Å²) < 4.78 is 4.90. The summed E-state index contributed by atoms with van der Waals surface area (Å²) in [5, 5.41) is 4.80. The fraction of sp³-hybridized carbons (Fsp3) is 0.308. The van der Waals surface area contributed by atoms with Crippen molar-refractivity contribution in [3.63, 3.8) is 0 Å². The largest absolute Gasteiger partial charge is 0.444 e. The number of nitrogens with one attached hydrogen (secondary N) is 2. The van der Waals surface area contributed by atoms with Crippen LogP contribution in [0.15, 0.2) is 30.3 Å². The van der Waals surface area contributed by atoms with Gasteiger partial charge in [0.2, 0.25) is 11.8 Å². The number of amides is 3. The highest BCUT2D eigenvalue weighted by Gasteiger charge is 2.40. The molecule has 20 heavy (non-hydrogen) atoms. The molecule has 1 heterocycles. The number of carbonyl (C=O) groups is 3. The summed E-state index contributed by atoms with van der Waals surface area (Å²) in [5.74, 6) is -1.77. The van der Waals surface area contributed by atoms with Crippen LogP contribution in [0.3, 0.4) is 0 Å². The Balaban J connectivity index is 1.77. The highest BCUT2D eigenvalue weighted by molar-refractivity contribution is 5.98. The fourth-order valence-electron chi connectivity index (χ4n) is 1.83. The molecule has 2 rings (SSSR count). The summed E-state index contributed by atoms with van der Waals surface area (Å²) >= 11 is 0. The van der Waals surface area contributed by atoms with Gasteiger partial charge in [-0.25, -0.2) is 4.79 Å². The topological polar surface area (TPSA) is 111 Å². The number of imide groups is 1. The van der Waals surface area contributed by atoms with E-state index in [0.717, 1.165) is 5.56 Å². The Morgan fingerprint density at radius 2 is 2.00 bits per heavy atom. The van der Waals surface area contributed by atoms with Crippen molar-refractivity contribution in [3.8, 4) is 0 Å². The van der Waals surface area contributed by atoms with Crippen molar-refractivity contribution in [3.05, 3.63) is 35.9 Å². The van der Waals surface area contributed by atoms with Gasteiger partial charge in [0.1, 0.15) is 12.6 Å². The molecule has 4 N–H and O–H groups in total. The zero-order chi connectivity index (χ0) is 14.5. The first-order chi connectivity index (χ1) is 9.58. The summed E-state index contributed by atoms with van der Waals surface area (Å²) in [7, 11) is 0. The summed E-state index contributed by atoms with van der Waals surface area (Å²) in [4.78, 5) is 34.1. The molecule has 0 bridgehead atoms. The second-order valence-corrected chi connectivity index (χ2v) is 4.45. The summed E-state index contributed by atoms with van der Waals surface area (Å²) in [6.07, 6.45) is -0.851. The molecule has 1 saturated heterocycles. The molecule has 106 valence electrons. The molecule has 0 aliphatic carbocycles. The summed E-state index contributed by atoms with van der Waals surface area (Å²) in [6.45, 7) is 0.407. The van der Waals surface area contributed by atoms with E-state index in [1.54, 1.807) is 12.1 Å². The zero-order valence-electron chi connectivity index (χ0n) is 10.7. The van der Waals surface area contributed by atoms with Crippen molar-refractivity contribution >= 4 is 17.9 Å². The van der Waals surface area contributed by atoms with Crippen LogP contribution in [-0.4, -0.2) is 30.5 Å². The third kappa shape index (κ3) is 3.33.